The van der Waals surface area contributed by atoms with Gasteiger partial charge in [0.2, 0.25) is 0 Å². The average Bonchev–Trinajstić information content (AvgIpc) is 2.92. The van der Waals surface area contributed by atoms with E-state index in [-0.39, 0.29) is 18.2 Å². The number of hydrogen-bond acceptors (Lipinski definition) is 4. The first-order chi connectivity index (χ1) is 9.21. The fourth-order valence-corrected chi connectivity index (χ4v) is 2.81. The average molecular weight is 260 g/mol. The number of likely N-dealkylation sites (tertiary alicyclic amines) is 1. The summed E-state index contributed by atoms with van der Waals surface area (Å²) in [5.41, 5.74) is -0.0790. The number of Topliss-reactive ketones (excluding diaryl/α,β-unsaturated/α-hetero) is 1. The minimum absolute atomic E-state index is 0.0356. The molecule has 3 heterocycles. The maximum atomic E-state index is 12.2. The molecular weight excluding hydrogens is 244 g/mol. The van der Waals surface area contributed by atoms with Crippen LogP contribution in [0.25, 0.3) is 0 Å². The predicted octanol–water partition coefficient (Wildman–Crippen LogP) is 1.05. The summed E-state index contributed by atoms with van der Waals surface area (Å²) in [5, 5.41) is 0. The molecule has 2 aliphatic rings. The summed E-state index contributed by atoms with van der Waals surface area (Å²) < 4.78 is 5.63. The third-order valence-electron chi connectivity index (χ3n) is 3.93. The van der Waals surface area contributed by atoms with Crippen LogP contribution in [0.5, 0.6) is 0 Å². The first-order valence-corrected chi connectivity index (χ1v) is 6.58. The number of carbonyl (C=O) groups is 2. The number of hydrogen-bond donors (Lipinski definition) is 0. The van der Waals surface area contributed by atoms with Crippen LogP contribution in [-0.4, -0.2) is 46.9 Å². The largest absolute Gasteiger partial charge is 0.367 e. The monoisotopic (exact) mass is 260 g/mol. The van der Waals surface area contributed by atoms with Gasteiger partial charge in [-0.2, -0.15) is 0 Å². The summed E-state index contributed by atoms with van der Waals surface area (Å²) in [5.74, 6) is -0.0946. The Balaban J connectivity index is 1.72. The first-order valence-electron chi connectivity index (χ1n) is 6.58. The first kappa shape index (κ1) is 12.3. The number of pyridine rings is 1. The third kappa shape index (κ3) is 2.14. The molecular formula is C14H16N2O3. The summed E-state index contributed by atoms with van der Waals surface area (Å²) >= 11 is 0. The molecule has 0 N–H and O–H groups in total. The lowest BCUT2D eigenvalue weighted by molar-refractivity contribution is -0.144. The van der Waals surface area contributed by atoms with Gasteiger partial charge in [0.1, 0.15) is 5.60 Å². The van der Waals surface area contributed by atoms with Crippen LogP contribution in [0, 0.1) is 0 Å². The molecule has 0 radical (unpaired) electrons. The summed E-state index contributed by atoms with van der Waals surface area (Å²) in [6.07, 6.45) is 5.49. The Bertz CT molecular complexity index is 495. The minimum atomic E-state index is -0.605. The fourth-order valence-electron chi connectivity index (χ4n) is 2.81. The molecule has 0 aliphatic carbocycles. The molecule has 5 nitrogen and oxygen atoms in total. The number of nitrogens with zero attached hydrogens (tertiary/aromatic N) is 2. The zero-order valence-corrected chi connectivity index (χ0v) is 10.7. The van der Waals surface area contributed by atoms with Crippen molar-refractivity contribution in [2.45, 2.75) is 24.9 Å². The van der Waals surface area contributed by atoms with Gasteiger partial charge in [0.15, 0.2) is 5.78 Å². The van der Waals surface area contributed by atoms with Gasteiger partial charge < -0.3 is 9.64 Å². The maximum absolute atomic E-state index is 12.2. The Morgan fingerprint density at radius 3 is 2.95 bits per heavy atom. The standard InChI is InChI=1S/C14H16N2O3/c17-12-10-16(7-5-14(12)4-2-8-19-14)13(18)11-3-1-6-15-9-11/h1,3,6,9H,2,4-5,7-8,10H2/t14-/m0/s1. The van der Waals surface area contributed by atoms with Crippen molar-refractivity contribution in [1.29, 1.82) is 0 Å². The number of rotatable bonds is 1. The van der Waals surface area contributed by atoms with E-state index in [0.29, 0.717) is 25.1 Å². The van der Waals surface area contributed by atoms with E-state index < -0.39 is 5.60 Å². The molecule has 0 unspecified atom stereocenters. The Kier molecular flexibility index (Phi) is 3.06. The lowest BCUT2D eigenvalue weighted by Crippen LogP contribution is -2.53. The molecule has 3 rings (SSSR count). The van der Waals surface area contributed by atoms with Gasteiger partial charge in [-0.1, -0.05) is 0 Å². The van der Waals surface area contributed by atoms with E-state index in [4.69, 9.17) is 4.74 Å². The molecule has 100 valence electrons. The highest BCUT2D eigenvalue weighted by atomic mass is 16.5. The van der Waals surface area contributed by atoms with E-state index in [2.05, 4.69) is 4.98 Å². The summed E-state index contributed by atoms with van der Waals surface area (Å²) in [4.78, 5) is 30.0. The Morgan fingerprint density at radius 2 is 2.32 bits per heavy atom. The van der Waals surface area contributed by atoms with Crippen molar-refractivity contribution >= 4 is 11.7 Å². The van der Waals surface area contributed by atoms with E-state index >= 15 is 0 Å². The highest BCUT2D eigenvalue weighted by molar-refractivity contribution is 5.99. The van der Waals surface area contributed by atoms with Gasteiger partial charge in [-0.05, 0) is 25.0 Å². The van der Waals surface area contributed by atoms with Crippen LogP contribution in [0.1, 0.15) is 29.6 Å². The molecule has 1 aromatic rings. The van der Waals surface area contributed by atoms with Crippen molar-refractivity contribution in [2.24, 2.45) is 0 Å². The Labute approximate surface area is 111 Å². The van der Waals surface area contributed by atoms with Crippen molar-refractivity contribution in [3.8, 4) is 0 Å². The van der Waals surface area contributed by atoms with Crippen LogP contribution in [0.4, 0.5) is 0 Å². The number of carbonyl (C=O) groups excluding carboxylic acids is 2. The molecule has 19 heavy (non-hydrogen) atoms. The summed E-state index contributed by atoms with van der Waals surface area (Å²) in [6, 6.07) is 3.44. The van der Waals surface area contributed by atoms with Crippen molar-refractivity contribution in [3.63, 3.8) is 0 Å². The van der Waals surface area contributed by atoms with Crippen molar-refractivity contribution in [3.05, 3.63) is 30.1 Å². The zero-order chi connectivity index (χ0) is 13.3. The number of ether oxygens (including phenoxy) is 1. The molecule has 2 fully saturated rings. The molecule has 0 aromatic carbocycles. The summed E-state index contributed by atoms with van der Waals surface area (Å²) in [7, 11) is 0. The van der Waals surface area contributed by atoms with Crippen molar-refractivity contribution in [1.82, 2.24) is 9.88 Å². The van der Waals surface area contributed by atoms with Gasteiger partial charge in [0, 0.05) is 32.0 Å². The maximum Gasteiger partial charge on any atom is 0.255 e. The van der Waals surface area contributed by atoms with E-state index in [1.807, 2.05) is 0 Å². The SMILES string of the molecule is O=C(c1cccnc1)N1CC[C@@]2(CCCO2)C(=O)C1. The van der Waals surface area contributed by atoms with Gasteiger partial charge in [0.05, 0.1) is 12.1 Å². The highest BCUT2D eigenvalue weighted by Gasteiger charge is 2.46. The second-order valence-corrected chi connectivity index (χ2v) is 5.09. The number of aromatic nitrogens is 1. The molecule has 1 aromatic heterocycles. The number of piperidine rings is 1. The fraction of sp³-hybridized carbons (Fsp3) is 0.500. The van der Waals surface area contributed by atoms with Crippen molar-refractivity contribution < 1.29 is 14.3 Å². The second-order valence-electron chi connectivity index (χ2n) is 5.09. The van der Waals surface area contributed by atoms with E-state index in [0.717, 1.165) is 12.8 Å². The van der Waals surface area contributed by atoms with Crippen LogP contribution in [-0.2, 0) is 9.53 Å². The normalized spacial score (nSPS) is 26.9. The minimum Gasteiger partial charge on any atom is -0.367 e. The highest BCUT2D eigenvalue weighted by Crippen LogP contribution is 2.33. The molecule has 0 bridgehead atoms. The lowest BCUT2D eigenvalue weighted by atomic mass is 9.87. The zero-order valence-electron chi connectivity index (χ0n) is 10.7. The Morgan fingerprint density at radius 1 is 1.42 bits per heavy atom. The topological polar surface area (TPSA) is 59.5 Å². The number of ketones is 1. The molecule has 2 aliphatic heterocycles. The second kappa shape index (κ2) is 4.74. The van der Waals surface area contributed by atoms with Crippen LogP contribution in [0.15, 0.2) is 24.5 Å². The van der Waals surface area contributed by atoms with Gasteiger partial charge in [-0.3, -0.25) is 14.6 Å². The van der Waals surface area contributed by atoms with Crippen molar-refractivity contribution in [2.75, 3.05) is 19.7 Å². The van der Waals surface area contributed by atoms with Gasteiger partial charge in [-0.25, -0.2) is 0 Å². The van der Waals surface area contributed by atoms with Gasteiger partial charge in [0.25, 0.3) is 5.91 Å². The van der Waals surface area contributed by atoms with E-state index in [1.165, 1.54) is 6.20 Å². The summed E-state index contributed by atoms with van der Waals surface area (Å²) in [6.45, 7) is 1.37. The van der Waals surface area contributed by atoms with Gasteiger partial charge >= 0.3 is 0 Å². The molecule has 5 heteroatoms. The molecule has 1 amide bonds. The van der Waals surface area contributed by atoms with E-state index in [9.17, 15) is 9.59 Å². The Hall–Kier alpha value is -1.75. The van der Waals surface area contributed by atoms with Crippen LogP contribution in [0.3, 0.4) is 0 Å². The molecule has 0 saturated carbocycles. The third-order valence-corrected chi connectivity index (χ3v) is 3.93. The van der Waals surface area contributed by atoms with E-state index in [1.54, 1.807) is 23.2 Å². The molecule has 2 saturated heterocycles. The predicted molar refractivity (Wildman–Crippen MR) is 67.7 cm³/mol. The van der Waals surface area contributed by atoms with Crippen LogP contribution >= 0.6 is 0 Å². The van der Waals surface area contributed by atoms with Crippen LogP contribution in [0.2, 0.25) is 0 Å². The molecule has 1 spiro atoms. The molecule has 1 atom stereocenters. The smallest absolute Gasteiger partial charge is 0.255 e. The lowest BCUT2D eigenvalue weighted by Gasteiger charge is -2.37. The quantitative estimate of drug-likeness (QED) is 0.757. The van der Waals surface area contributed by atoms with Gasteiger partial charge in [-0.15, -0.1) is 0 Å². The van der Waals surface area contributed by atoms with Crippen LogP contribution < -0.4 is 0 Å². The number of amides is 1.